The number of hydrogen-bond acceptors (Lipinski definition) is 10. The molecule has 10 heteroatoms. The summed E-state index contributed by atoms with van der Waals surface area (Å²) in [5, 5.41) is 46.0. The Balaban J connectivity index is 0. The lowest BCUT2D eigenvalue weighted by Gasteiger charge is -2.25. The fraction of sp³-hybridized carbons (Fsp3) is 0.750. The van der Waals surface area contributed by atoms with Crippen LogP contribution in [0.5, 0.6) is 0 Å². The Morgan fingerprint density at radius 3 is 1.15 bits per heavy atom. The van der Waals surface area contributed by atoms with E-state index in [9.17, 15) is 20.4 Å². The van der Waals surface area contributed by atoms with Crippen molar-refractivity contribution in [2.24, 2.45) is 22.1 Å². The summed E-state index contributed by atoms with van der Waals surface area (Å²) in [4.78, 5) is 9.70. The average molecular weight is 487 g/mol. The van der Waals surface area contributed by atoms with Gasteiger partial charge in [-0.3, -0.25) is 0 Å². The normalized spacial score (nSPS) is 17.4. The first kappa shape index (κ1) is 34.0. The van der Waals surface area contributed by atoms with Crippen molar-refractivity contribution in [3.63, 3.8) is 0 Å². The van der Waals surface area contributed by atoms with Crippen LogP contribution < -0.4 is 0 Å². The standard InChI is InChI=1S/2C12H21NO4/c2*1-6-7-17-13-10(11(15)9(4)14)12(16-5)8(2)3/h2*1,8-9,11-12,14-15H,7H2,2-5H3/b13-10+;13-10-/t2*9-,11+,12+/m11/s1. The molecule has 0 radical (unpaired) electrons. The van der Waals surface area contributed by atoms with Crippen LogP contribution in [-0.2, 0) is 19.1 Å². The van der Waals surface area contributed by atoms with E-state index >= 15 is 0 Å². The monoisotopic (exact) mass is 486 g/mol. The van der Waals surface area contributed by atoms with Crippen molar-refractivity contribution < 1.29 is 39.6 Å². The predicted octanol–water partition coefficient (Wildman–Crippen LogP) is 0.810. The van der Waals surface area contributed by atoms with Gasteiger partial charge < -0.3 is 39.6 Å². The van der Waals surface area contributed by atoms with Gasteiger partial charge in [-0.05, 0) is 25.7 Å². The summed E-state index contributed by atoms with van der Waals surface area (Å²) in [6, 6.07) is 0. The van der Waals surface area contributed by atoms with Crippen molar-refractivity contribution in [3.05, 3.63) is 0 Å². The molecule has 34 heavy (non-hydrogen) atoms. The third-order valence-electron chi connectivity index (χ3n) is 4.46. The highest BCUT2D eigenvalue weighted by Crippen LogP contribution is 2.14. The highest BCUT2D eigenvalue weighted by atomic mass is 16.6. The van der Waals surface area contributed by atoms with E-state index in [2.05, 4.69) is 22.2 Å². The first-order valence-corrected chi connectivity index (χ1v) is 10.9. The Kier molecular flexibility index (Phi) is 19.2. The smallest absolute Gasteiger partial charge is 0.177 e. The molecular formula is C24H42N2O8. The molecule has 6 atom stereocenters. The minimum absolute atomic E-state index is 0.00452. The van der Waals surface area contributed by atoms with Crippen LogP contribution in [0, 0.1) is 36.5 Å². The molecule has 0 saturated carbocycles. The number of oxime groups is 2. The van der Waals surface area contributed by atoms with E-state index in [-0.39, 0.29) is 36.5 Å². The third-order valence-corrected chi connectivity index (χ3v) is 4.46. The van der Waals surface area contributed by atoms with E-state index in [0.29, 0.717) is 0 Å². The van der Waals surface area contributed by atoms with Crippen molar-refractivity contribution in [1.82, 2.24) is 0 Å². The van der Waals surface area contributed by atoms with Crippen molar-refractivity contribution >= 4 is 11.4 Å². The second-order valence-electron chi connectivity index (χ2n) is 8.16. The van der Waals surface area contributed by atoms with Gasteiger partial charge in [0.05, 0.1) is 12.2 Å². The molecule has 0 aromatic carbocycles. The first-order chi connectivity index (χ1) is 15.9. The molecular weight excluding hydrogens is 444 g/mol. The maximum Gasteiger partial charge on any atom is 0.177 e. The maximum absolute atomic E-state index is 9.84. The average Bonchev–Trinajstić information content (AvgIpc) is 2.77. The lowest BCUT2D eigenvalue weighted by atomic mass is 9.96. The molecule has 4 N–H and O–H groups in total. The summed E-state index contributed by atoms with van der Waals surface area (Å²) in [7, 11) is 3.02. The SMILES string of the molecule is C#CCO/N=C(/[C@@H](OC)C(C)C)[C@@H](O)[C@@H](C)O.C#CCO/N=C(\[C@@H](OC)C(C)C)[C@@H](O)[C@@H](C)O. The van der Waals surface area contributed by atoms with Gasteiger partial charge in [-0.25, -0.2) is 0 Å². The number of nitrogens with zero attached hydrogens (tertiary/aromatic N) is 2. The van der Waals surface area contributed by atoms with E-state index in [1.807, 2.05) is 27.7 Å². The number of methoxy groups -OCH3 is 2. The van der Waals surface area contributed by atoms with Gasteiger partial charge in [0.15, 0.2) is 13.2 Å². The molecule has 0 aliphatic heterocycles. The molecule has 0 aliphatic carbocycles. The Labute approximate surface area is 203 Å². The fourth-order valence-electron chi connectivity index (χ4n) is 2.80. The van der Waals surface area contributed by atoms with E-state index in [0.717, 1.165) is 0 Å². The molecule has 0 saturated heterocycles. The molecule has 0 spiro atoms. The number of terminal acetylenes is 2. The number of aliphatic hydroxyl groups excluding tert-OH is 4. The van der Waals surface area contributed by atoms with Gasteiger partial charge in [-0.15, -0.1) is 12.8 Å². The van der Waals surface area contributed by atoms with Gasteiger partial charge in [0.25, 0.3) is 0 Å². The van der Waals surface area contributed by atoms with Gasteiger partial charge in [-0.2, -0.15) is 0 Å². The van der Waals surface area contributed by atoms with E-state index in [1.165, 1.54) is 28.1 Å². The largest absolute Gasteiger partial charge is 0.390 e. The highest BCUT2D eigenvalue weighted by molar-refractivity contribution is 5.93. The number of aliphatic hydroxyl groups is 4. The molecule has 0 aliphatic rings. The molecule has 0 aromatic rings. The van der Waals surface area contributed by atoms with Crippen LogP contribution in [0.3, 0.4) is 0 Å². The third kappa shape index (κ3) is 12.9. The quantitative estimate of drug-likeness (QED) is 0.122. The van der Waals surface area contributed by atoms with E-state index < -0.39 is 36.6 Å². The Bertz CT molecular complexity index is 619. The second kappa shape index (κ2) is 19.2. The molecule has 0 heterocycles. The van der Waals surface area contributed by atoms with Crippen molar-refractivity contribution in [1.29, 1.82) is 0 Å². The maximum atomic E-state index is 9.84. The molecule has 10 nitrogen and oxygen atoms in total. The summed E-state index contributed by atoms with van der Waals surface area (Å²) in [6.45, 7) is 10.6. The zero-order valence-electron chi connectivity index (χ0n) is 21.5. The minimum Gasteiger partial charge on any atom is -0.390 e. The Hall–Kier alpha value is -2.18. The number of rotatable bonds is 14. The van der Waals surface area contributed by atoms with E-state index in [1.54, 1.807) is 0 Å². The zero-order valence-corrected chi connectivity index (χ0v) is 21.5. The molecule has 0 unspecified atom stereocenters. The van der Waals surface area contributed by atoms with Gasteiger partial charge >= 0.3 is 0 Å². The summed E-state index contributed by atoms with van der Waals surface area (Å²) >= 11 is 0. The van der Waals surface area contributed by atoms with Gasteiger partial charge in [0.1, 0.15) is 35.8 Å². The molecule has 196 valence electrons. The zero-order chi connectivity index (χ0) is 26.8. The Morgan fingerprint density at radius 1 is 0.676 bits per heavy atom. The molecule has 0 aromatic heterocycles. The predicted molar refractivity (Wildman–Crippen MR) is 131 cm³/mol. The van der Waals surface area contributed by atoms with Crippen LogP contribution in [0.1, 0.15) is 41.5 Å². The second-order valence-corrected chi connectivity index (χ2v) is 8.16. The van der Waals surface area contributed by atoms with Crippen LogP contribution in [0.4, 0.5) is 0 Å². The molecule has 0 rings (SSSR count). The first-order valence-electron chi connectivity index (χ1n) is 10.9. The van der Waals surface area contributed by atoms with Gasteiger partial charge in [-0.1, -0.05) is 49.8 Å². The lowest BCUT2D eigenvalue weighted by molar-refractivity contribution is 0.0462. The summed E-state index contributed by atoms with van der Waals surface area (Å²) in [5.74, 6) is 4.70. The summed E-state index contributed by atoms with van der Waals surface area (Å²) in [6.07, 6.45) is 5.00. The lowest BCUT2D eigenvalue weighted by Crippen LogP contribution is -2.42. The molecule has 0 fully saturated rings. The Morgan fingerprint density at radius 2 is 0.971 bits per heavy atom. The van der Waals surface area contributed by atoms with Crippen molar-refractivity contribution in [2.75, 3.05) is 27.4 Å². The molecule has 0 bridgehead atoms. The minimum atomic E-state index is -1.14. The summed E-state index contributed by atoms with van der Waals surface area (Å²) in [5.41, 5.74) is 0.487. The van der Waals surface area contributed by atoms with Crippen molar-refractivity contribution in [2.45, 2.75) is 78.2 Å². The van der Waals surface area contributed by atoms with Crippen LogP contribution in [0.25, 0.3) is 0 Å². The van der Waals surface area contributed by atoms with Gasteiger partial charge in [0, 0.05) is 14.2 Å². The van der Waals surface area contributed by atoms with Crippen molar-refractivity contribution in [3.8, 4) is 24.7 Å². The van der Waals surface area contributed by atoms with Gasteiger partial charge in [0.2, 0.25) is 0 Å². The van der Waals surface area contributed by atoms with E-state index in [4.69, 9.17) is 32.0 Å². The number of ether oxygens (including phenoxy) is 2. The highest BCUT2D eigenvalue weighted by Gasteiger charge is 2.30. The number of hydrogen-bond donors (Lipinski definition) is 4. The van der Waals surface area contributed by atoms with Crippen LogP contribution in [0.2, 0.25) is 0 Å². The molecule has 0 amide bonds. The van der Waals surface area contributed by atoms with Crippen LogP contribution in [0.15, 0.2) is 10.3 Å². The summed E-state index contributed by atoms with van der Waals surface area (Å²) < 4.78 is 10.5. The van der Waals surface area contributed by atoms with Crippen LogP contribution >= 0.6 is 0 Å². The van der Waals surface area contributed by atoms with Crippen LogP contribution in [-0.4, -0.2) is 95.9 Å². The topological polar surface area (TPSA) is 143 Å². The fourth-order valence-corrected chi connectivity index (χ4v) is 2.80.